The van der Waals surface area contributed by atoms with Gasteiger partial charge in [0.25, 0.3) is 11.6 Å². The second-order valence-corrected chi connectivity index (χ2v) is 8.15. The number of phenols is 1. The number of amides is 1. The fourth-order valence-electron chi connectivity index (χ4n) is 2.04. The summed E-state index contributed by atoms with van der Waals surface area (Å²) in [6.07, 6.45) is -1.28. The topological polar surface area (TPSA) is 117 Å². The molecule has 0 saturated heterocycles. The molecule has 28 heavy (non-hydrogen) atoms. The van der Waals surface area contributed by atoms with E-state index in [1.54, 1.807) is 18.2 Å². The molecule has 0 aromatic heterocycles. The van der Waals surface area contributed by atoms with E-state index in [4.69, 9.17) is 47.0 Å². The maximum atomic E-state index is 12.4. The summed E-state index contributed by atoms with van der Waals surface area (Å²) < 4.78 is -2.01. The number of nitro groups is 1. The number of non-ortho nitro benzene ring substituents is 1. The highest BCUT2D eigenvalue weighted by atomic mass is 35.6. The summed E-state index contributed by atoms with van der Waals surface area (Å²) in [6, 6.07) is 11.4. The van der Waals surface area contributed by atoms with E-state index in [0.717, 1.165) is 6.07 Å². The molecule has 1 atom stereocenters. The molecular weight excluding hydrogens is 451 g/mol. The van der Waals surface area contributed by atoms with Crippen molar-refractivity contribution in [1.82, 2.24) is 10.6 Å². The van der Waals surface area contributed by atoms with Crippen molar-refractivity contribution >= 4 is 69.4 Å². The lowest BCUT2D eigenvalue weighted by molar-refractivity contribution is -0.384. The second-order valence-electron chi connectivity index (χ2n) is 5.37. The average Bonchev–Trinajstić information content (AvgIpc) is 2.62. The van der Waals surface area contributed by atoms with Crippen molar-refractivity contribution in [3.63, 3.8) is 0 Å². The molecule has 2 aromatic rings. The predicted molar refractivity (Wildman–Crippen MR) is 112 cm³/mol. The minimum absolute atomic E-state index is 0.00479. The zero-order valence-corrected chi connectivity index (χ0v) is 16.9. The molecule has 1 amide bonds. The molecule has 0 bridgehead atoms. The highest BCUT2D eigenvalue weighted by molar-refractivity contribution is 7.80. The van der Waals surface area contributed by atoms with Crippen molar-refractivity contribution in [3.05, 3.63) is 64.2 Å². The van der Waals surface area contributed by atoms with E-state index in [1.807, 2.05) is 0 Å². The summed E-state index contributed by atoms with van der Waals surface area (Å²) in [5.41, 5.74) is 0.0330. The fraction of sp³-hybridized carbons (Fsp3) is 0.125. The van der Waals surface area contributed by atoms with E-state index in [0.29, 0.717) is 5.69 Å². The molecule has 0 aliphatic carbocycles. The molecule has 0 aliphatic heterocycles. The van der Waals surface area contributed by atoms with Crippen molar-refractivity contribution in [2.24, 2.45) is 0 Å². The van der Waals surface area contributed by atoms with Crippen LogP contribution in [0.2, 0.25) is 0 Å². The van der Waals surface area contributed by atoms with Crippen LogP contribution < -0.4 is 16.0 Å². The van der Waals surface area contributed by atoms with Gasteiger partial charge in [0.15, 0.2) is 5.11 Å². The molecule has 2 rings (SSSR count). The highest BCUT2D eigenvalue weighted by Gasteiger charge is 2.35. The number of benzene rings is 2. The zero-order valence-electron chi connectivity index (χ0n) is 13.9. The number of nitrogens with zero attached hydrogens (tertiary/aromatic N) is 1. The number of para-hydroxylation sites is 2. The van der Waals surface area contributed by atoms with Gasteiger partial charge >= 0.3 is 0 Å². The molecule has 12 heteroatoms. The van der Waals surface area contributed by atoms with Crippen molar-refractivity contribution in [2.45, 2.75) is 9.96 Å². The van der Waals surface area contributed by atoms with Gasteiger partial charge in [0.05, 0.1) is 10.6 Å². The normalized spacial score (nSPS) is 12.0. The maximum absolute atomic E-state index is 12.4. The fourth-order valence-corrected chi connectivity index (χ4v) is 2.60. The Hall–Kier alpha value is -2.33. The Labute approximate surface area is 179 Å². The number of nitro benzene ring substituents is 1. The molecule has 8 nitrogen and oxygen atoms in total. The van der Waals surface area contributed by atoms with Gasteiger partial charge in [-0.25, -0.2) is 0 Å². The Balaban J connectivity index is 2.12. The van der Waals surface area contributed by atoms with Gasteiger partial charge in [-0.05, 0) is 30.4 Å². The third kappa shape index (κ3) is 6.10. The van der Waals surface area contributed by atoms with Crippen LogP contribution in [-0.2, 0) is 0 Å². The van der Waals surface area contributed by atoms with E-state index in [2.05, 4.69) is 16.0 Å². The van der Waals surface area contributed by atoms with Crippen molar-refractivity contribution in [3.8, 4) is 5.75 Å². The Kier molecular flexibility index (Phi) is 7.25. The molecule has 2 aromatic carbocycles. The molecule has 0 heterocycles. The second kappa shape index (κ2) is 9.24. The van der Waals surface area contributed by atoms with Crippen LogP contribution in [0.1, 0.15) is 10.4 Å². The van der Waals surface area contributed by atoms with Gasteiger partial charge in [-0.2, -0.15) is 0 Å². The number of phenolic OH excluding ortho intramolecular Hbond substituents is 1. The number of carbonyl (C=O) groups is 1. The van der Waals surface area contributed by atoms with Gasteiger partial charge in [0.2, 0.25) is 3.79 Å². The van der Waals surface area contributed by atoms with Gasteiger partial charge in [-0.15, -0.1) is 0 Å². The van der Waals surface area contributed by atoms with Crippen LogP contribution in [0.15, 0.2) is 48.5 Å². The standard InChI is InChI=1S/C16H13Cl3N4O4S/c17-16(18,19)14(22-15(28)20-11-6-1-2-7-12(11)24)21-13(25)9-4-3-5-10(8-9)23(26)27/h1-8,14,24H,(H,21,25)(H2,20,22,28). The molecule has 4 N–H and O–H groups in total. The number of anilines is 1. The van der Waals surface area contributed by atoms with Crippen LogP contribution in [0.25, 0.3) is 0 Å². The van der Waals surface area contributed by atoms with Crippen LogP contribution in [0.4, 0.5) is 11.4 Å². The van der Waals surface area contributed by atoms with Gasteiger partial charge in [0.1, 0.15) is 11.9 Å². The van der Waals surface area contributed by atoms with Crippen LogP contribution >= 0.6 is 47.0 Å². The highest BCUT2D eigenvalue weighted by Crippen LogP contribution is 2.30. The Morgan fingerprint density at radius 3 is 2.43 bits per heavy atom. The summed E-state index contributed by atoms with van der Waals surface area (Å²) >= 11 is 22.8. The zero-order chi connectivity index (χ0) is 20.9. The Morgan fingerprint density at radius 1 is 1.14 bits per heavy atom. The maximum Gasteiger partial charge on any atom is 0.270 e. The Morgan fingerprint density at radius 2 is 1.82 bits per heavy atom. The first kappa shape index (κ1) is 22.0. The minimum Gasteiger partial charge on any atom is -0.506 e. The molecule has 0 spiro atoms. The summed E-state index contributed by atoms with van der Waals surface area (Å²) in [4.78, 5) is 22.6. The summed E-state index contributed by atoms with van der Waals surface area (Å²) in [7, 11) is 0. The lowest BCUT2D eigenvalue weighted by atomic mass is 10.2. The van der Waals surface area contributed by atoms with Crippen molar-refractivity contribution in [1.29, 1.82) is 0 Å². The molecule has 0 aliphatic rings. The number of aromatic hydroxyl groups is 1. The first-order valence-corrected chi connectivity index (χ1v) is 9.09. The largest absolute Gasteiger partial charge is 0.506 e. The first-order chi connectivity index (χ1) is 13.1. The number of hydrogen-bond donors (Lipinski definition) is 4. The molecule has 1 unspecified atom stereocenters. The molecule has 0 fully saturated rings. The quantitative estimate of drug-likeness (QED) is 0.133. The van der Waals surface area contributed by atoms with E-state index in [-0.39, 0.29) is 22.1 Å². The molecular formula is C16H13Cl3N4O4S. The van der Waals surface area contributed by atoms with E-state index >= 15 is 0 Å². The van der Waals surface area contributed by atoms with Crippen LogP contribution in [-0.4, -0.2) is 31.0 Å². The molecule has 148 valence electrons. The van der Waals surface area contributed by atoms with Crippen molar-refractivity contribution < 1.29 is 14.8 Å². The smallest absolute Gasteiger partial charge is 0.270 e. The van der Waals surface area contributed by atoms with E-state index in [9.17, 15) is 20.0 Å². The Bertz CT molecular complexity index is 907. The number of rotatable bonds is 5. The number of nitrogens with one attached hydrogen (secondary N) is 3. The minimum atomic E-state index is -2.01. The summed E-state index contributed by atoms with van der Waals surface area (Å²) in [5, 5.41) is 28.3. The third-order valence-electron chi connectivity index (χ3n) is 3.35. The predicted octanol–water partition coefficient (Wildman–Crippen LogP) is 3.71. The lowest BCUT2D eigenvalue weighted by Crippen LogP contribution is -2.56. The lowest BCUT2D eigenvalue weighted by Gasteiger charge is -2.27. The summed E-state index contributed by atoms with van der Waals surface area (Å²) in [5.74, 6) is -0.782. The molecule has 0 radical (unpaired) electrons. The van der Waals surface area contributed by atoms with Gasteiger partial charge in [0, 0.05) is 17.7 Å². The number of thiocarbonyl (C=S) groups is 1. The monoisotopic (exact) mass is 462 g/mol. The molecule has 0 saturated carbocycles. The average molecular weight is 464 g/mol. The van der Waals surface area contributed by atoms with Gasteiger partial charge < -0.3 is 21.1 Å². The van der Waals surface area contributed by atoms with Gasteiger partial charge in [-0.1, -0.05) is 53.0 Å². The number of carbonyl (C=O) groups excluding carboxylic acids is 1. The summed E-state index contributed by atoms with van der Waals surface area (Å²) in [6.45, 7) is 0. The van der Waals surface area contributed by atoms with Gasteiger partial charge in [-0.3, -0.25) is 14.9 Å². The SMILES string of the molecule is O=C(NC(NC(=S)Nc1ccccc1O)C(Cl)(Cl)Cl)c1cccc([N+](=O)[O-])c1. The first-order valence-electron chi connectivity index (χ1n) is 7.55. The van der Waals surface area contributed by atoms with Crippen LogP contribution in [0, 0.1) is 10.1 Å². The van der Waals surface area contributed by atoms with E-state index < -0.39 is 20.8 Å². The number of halogens is 3. The number of hydrogen-bond acceptors (Lipinski definition) is 5. The third-order valence-corrected chi connectivity index (χ3v) is 4.22. The van der Waals surface area contributed by atoms with Crippen molar-refractivity contribution in [2.75, 3.05) is 5.32 Å². The van der Waals surface area contributed by atoms with E-state index in [1.165, 1.54) is 24.3 Å². The number of alkyl halides is 3. The van der Waals surface area contributed by atoms with Crippen LogP contribution in [0.5, 0.6) is 5.75 Å². The van der Waals surface area contributed by atoms with Crippen LogP contribution in [0.3, 0.4) is 0 Å².